The number of ether oxygens (including phenoxy) is 1. The van der Waals surface area contributed by atoms with Gasteiger partial charge >= 0.3 is 5.91 Å². The van der Waals surface area contributed by atoms with Crippen molar-refractivity contribution in [1.82, 2.24) is 9.97 Å². The minimum Gasteiger partial charge on any atom is -0.507 e. The largest absolute Gasteiger partial charge is 0.507 e. The maximum absolute atomic E-state index is 14.0. The summed E-state index contributed by atoms with van der Waals surface area (Å²) in [5, 5.41) is 11.4. The number of pyridine rings is 1. The van der Waals surface area contributed by atoms with Crippen LogP contribution in [0.25, 0.3) is 16.0 Å². The van der Waals surface area contributed by atoms with Crippen molar-refractivity contribution in [2.75, 3.05) is 4.90 Å². The van der Waals surface area contributed by atoms with E-state index < -0.39 is 23.5 Å². The lowest BCUT2D eigenvalue weighted by Crippen LogP contribution is -2.29. The molecule has 4 heterocycles. The molecule has 1 N–H and O–H groups in total. The lowest BCUT2D eigenvalue weighted by atomic mass is 9.95. The molecule has 2 atom stereocenters. The number of fused-ring (bicyclic) bond motifs is 2. The molecule has 0 saturated carbocycles. The Hall–Kier alpha value is -3.82. The van der Waals surface area contributed by atoms with Gasteiger partial charge in [0.1, 0.15) is 23.4 Å². The number of carbonyl (C=O) groups is 2. The average Bonchev–Trinajstić information content (AvgIpc) is 3.52. The van der Waals surface area contributed by atoms with E-state index >= 15 is 0 Å². The number of benzene rings is 2. The van der Waals surface area contributed by atoms with Crippen molar-refractivity contribution in [2.45, 2.75) is 25.5 Å². The van der Waals surface area contributed by atoms with Gasteiger partial charge in [0.2, 0.25) is 0 Å². The molecule has 0 aliphatic carbocycles. The van der Waals surface area contributed by atoms with Crippen LogP contribution >= 0.6 is 22.9 Å². The number of ketones is 1. The molecule has 1 amide bonds. The topological polar surface area (TPSA) is 92.6 Å². The number of hydrogen-bond donors (Lipinski definition) is 1. The van der Waals surface area contributed by atoms with Crippen LogP contribution in [-0.4, -0.2) is 32.9 Å². The van der Waals surface area contributed by atoms with Gasteiger partial charge in [-0.25, -0.2) is 9.37 Å². The number of Topliss-reactive ketones (excluding diaryl/α,β-unsaturated/α-hetero) is 1. The maximum atomic E-state index is 14.0. The lowest BCUT2D eigenvalue weighted by Gasteiger charge is -2.22. The second kappa shape index (κ2) is 8.39. The number of amides is 1. The van der Waals surface area contributed by atoms with Crippen LogP contribution in [0.5, 0.6) is 5.75 Å². The number of halogens is 2. The Morgan fingerprint density at radius 3 is 2.75 bits per heavy atom. The van der Waals surface area contributed by atoms with E-state index in [0.29, 0.717) is 27.8 Å². The summed E-state index contributed by atoms with van der Waals surface area (Å²) in [5.41, 5.74) is 2.20. The van der Waals surface area contributed by atoms with Crippen LogP contribution < -0.4 is 9.64 Å². The zero-order chi connectivity index (χ0) is 25.1. The number of aliphatic hydroxyl groups is 1. The third-order valence-corrected chi connectivity index (χ3v) is 7.57. The molecule has 180 valence electrons. The monoisotopic (exact) mass is 521 g/mol. The van der Waals surface area contributed by atoms with Crippen LogP contribution in [0.15, 0.2) is 60.4 Å². The number of nitrogens with zero attached hydrogens (tertiary/aromatic N) is 3. The molecular weight excluding hydrogens is 505 g/mol. The molecule has 2 unspecified atom stereocenters. The van der Waals surface area contributed by atoms with Gasteiger partial charge in [-0.1, -0.05) is 22.9 Å². The summed E-state index contributed by atoms with van der Waals surface area (Å²) in [5.74, 6) is -1.87. The molecule has 2 aliphatic rings. The molecule has 10 heteroatoms. The van der Waals surface area contributed by atoms with Gasteiger partial charge in [0.05, 0.1) is 26.9 Å². The Kier molecular flexibility index (Phi) is 5.27. The molecule has 0 bridgehead atoms. The predicted octanol–water partition coefficient (Wildman–Crippen LogP) is 5.43. The Morgan fingerprint density at radius 2 is 1.97 bits per heavy atom. The van der Waals surface area contributed by atoms with Crippen LogP contribution in [0.2, 0.25) is 5.02 Å². The molecule has 2 aromatic heterocycles. The molecule has 1 saturated heterocycles. The number of thiazole rings is 1. The van der Waals surface area contributed by atoms with Crippen LogP contribution in [-0.2, 0) is 16.0 Å². The molecule has 0 spiro atoms. The van der Waals surface area contributed by atoms with Crippen LogP contribution in [0.3, 0.4) is 0 Å². The van der Waals surface area contributed by atoms with Gasteiger partial charge in [-0.05, 0) is 60.5 Å². The van der Waals surface area contributed by atoms with E-state index in [2.05, 4.69) is 9.97 Å². The van der Waals surface area contributed by atoms with Crippen molar-refractivity contribution in [2.24, 2.45) is 0 Å². The highest BCUT2D eigenvalue weighted by atomic mass is 35.5. The summed E-state index contributed by atoms with van der Waals surface area (Å²) >= 11 is 6.97. The number of aromatic nitrogens is 2. The van der Waals surface area contributed by atoms with E-state index in [9.17, 15) is 19.1 Å². The van der Waals surface area contributed by atoms with Gasteiger partial charge in [-0.3, -0.25) is 19.5 Å². The first-order valence-corrected chi connectivity index (χ1v) is 12.3. The number of hydrogen-bond acceptors (Lipinski definition) is 7. The van der Waals surface area contributed by atoms with Crippen molar-refractivity contribution >= 4 is 55.7 Å². The molecule has 2 aliphatic heterocycles. The summed E-state index contributed by atoms with van der Waals surface area (Å²) in [6.45, 7) is 1.95. The second-order valence-corrected chi connectivity index (χ2v) is 10.1. The number of anilines is 1. The Labute approximate surface area is 213 Å². The van der Waals surface area contributed by atoms with Gasteiger partial charge in [-0.15, -0.1) is 0 Å². The predicted molar refractivity (Wildman–Crippen MR) is 134 cm³/mol. The lowest BCUT2D eigenvalue weighted by molar-refractivity contribution is -0.132. The zero-order valence-electron chi connectivity index (χ0n) is 18.7. The first-order valence-electron chi connectivity index (χ1n) is 11.1. The molecule has 36 heavy (non-hydrogen) atoms. The van der Waals surface area contributed by atoms with Gasteiger partial charge < -0.3 is 9.84 Å². The Bertz CT molecular complexity index is 1560. The van der Waals surface area contributed by atoms with E-state index in [0.717, 1.165) is 22.6 Å². The fourth-order valence-electron chi connectivity index (χ4n) is 4.63. The van der Waals surface area contributed by atoms with E-state index in [1.807, 2.05) is 6.92 Å². The molecule has 1 fully saturated rings. The van der Waals surface area contributed by atoms with E-state index in [-0.39, 0.29) is 27.6 Å². The zero-order valence-corrected chi connectivity index (χ0v) is 20.3. The van der Waals surface area contributed by atoms with Gasteiger partial charge in [0.25, 0.3) is 5.78 Å². The van der Waals surface area contributed by atoms with Crippen LogP contribution in [0.4, 0.5) is 9.52 Å². The molecule has 7 nitrogen and oxygen atoms in total. The molecule has 4 aromatic rings. The van der Waals surface area contributed by atoms with Crippen molar-refractivity contribution in [3.63, 3.8) is 0 Å². The third-order valence-electron chi connectivity index (χ3n) is 6.26. The summed E-state index contributed by atoms with van der Waals surface area (Å²) < 4.78 is 20.3. The van der Waals surface area contributed by atoms with Crippen molar-refractivity contribution in [1.29, 1.82) is 0 Å². The molecule has 0 radical (unpaired) electrons. The SMILES string of the molecule is CC1Cc2cc(/C(O)=C3\C(=O)C(=O)N(c4nc5cc(Cl)c(F)cc5s4)C3c3ccncc3)ccc2O1. The highest BCUT2D eigenvalue weighted by molar-refractivity contribution is 7.22. The number of aliphatic hydroxyl groups excluding tert-OH is 1. The van der Waals surface area contributed by atoms with Gasteiger partial charge in [0, 0.05) is 24.4 Å². The van der Waals surface area contributed by atoms with Crippen LogP contribution in [0.1, 0.15) is 29.7 Å². The standard InChI is InChI=1S/C26H17ClFN3O4S/c1-12-8-15-9-14(2-3-19(15)35-12)23(32)21-22(13-4-6-29-7-5-13)31(25(34)24(21)33)26-30-18-10-16(27)17(28)11-20(18)36-26/h2-7,9-12,22,32H,8H2,1H3/b23-21+. The summed E-state index contributed by atoms with van der Waals surface area (Å²) in [6, 6.07) is 10.2. The van der Waals surface area contributed by atoms with E-state index in [4.69, 9.17) is 16.3 Å². The van der Waals surface area contributed by atoms with Crippen molar-refractivity contribution < 1.29 is 23.8 Å². The smallest absolute Gasteiger partial charge is 0.301 e. The molecule has 2 aromatic carbocycles. The average molecular weight is 522 g/mol. The normalized spacial score (nSPS) is 20.7. The summed E-state index contributed by atoms with van der Waals surface area (Å²) in [6.07, 6.45) is 3.76. The summed E-state index contributed by atoms with van der Waals surface area (Å²) in [7, 11) is 0. The molecular formula is C26H17ClFN3O4S. The summed E-state index contributed by atoms with van der Waals surface area (Å²) in [4.78, 5) is 36.4. The first-order chi connectivity index (χ1) is 17.3. The third kappa shape index (κ3) is 3.54. The fourth-order valence-corrected chi connectivity index (χ4v) is 5.79. The first kappa shape index (κ1) is 22.6. The Morgan fingerprint density at radius 1 is 1.19 bits per heavy atom. The molecule has 6 rings (SSSR count). The van der Waals surface area contributed by atoms with Gasteiger partial charge in [-0.2, -0.15) is 0 Å². The highest BCUT2D eigenvalue weighted by Crippen LogP contribution is 2.45. The minimum atomic E-state index is -0.961. The highest BCUT2D eigenvalue weighted by Gasteiger charge is 2.48. The maximum Gasteiger partial charge on any atom is 0.301 e. The second-order valence-electron chi connectivity index (χ2n) is 8.64. The van der Waals surface area contributed by atoms with Gasteiger partial charge in [0.15, 0.2) is 5.13 Å². The Balaban J connectivity index is 1.53. The minimum absolute atomic E-state index is 0.0113. The quantitative estimate of drug-likeness (QED) is 0.219. The van der Waals surface area contributed by atoms with Crippen molar-refractivity contribution in [3.8, 4) is 5.75 Å². The number of rotatable bonds is 3. The van der Waals surface area contributed by atoms with Crippen molar-refractivity contribution in [3.05, 3.63) is 88.0 Å². The van der Waals surface area contributed by atoms with E-state index in [1.54, 1.807) is 30.3 Å². The fraction of sp³-hybridized carbons (Fsp3) is 0.154. The number of carbonyl (C=O) groups excluding carboxylic acids is 2. The van der Waals surface area contributed by atoms with E-state index in [1.165, 1.54) is 29.4 Å². The van der Waals surface area contributed by atoms with Crippen LogP contribution in [0, 0.1) is 5.82 Å².